The average molecular weight is 288 g/mol. The van der Waals surface area contributed by atoms with Gasteiger partial charge in [-0.25, -0.2) is 0 Å². The Morgan fingerprint density at radius 1 is 0.600 bits per heavy atom. The molecule has 0 radical (unpaired) electrons. The van der Waals surface area contributed by atoms with E-state index in [4.69, 9.17) is 5.73 Å². The lowest BCUT2D eigenvalue weighted by atomic mass is 10.1. The second-order valence-corrected chi connectivity index (χ2v) is 5.97. The van der Waals surface area contributed by atoms with Gasteiger partial charge in [0.15, 0.2) is 0 Å². The highest BCUT2D eigenvalue weighted by Crippen LogP contribution is 1.95. The van der Waals surface area contributed by atoms with E-state index in [0.717, 1.165) is 58.9 Å². The summed E-state index contributed by atoms with van der Waals surface area (Å²) in [4.78, 5) is 0. The summed E-state index contributed by atoms with van der Waals surface area (Å²) in [6.07, 6.45) is 0. The smallest absolute Gasteiger partial charge is 0.00970 e. The van der Waals surface area contributed by atoms with Crippen molar-refractivity contribution in [3.8, 4) is 0 Å². The Labute approximate surface area is 125 Å². The standard InChI is InChI=1S/C14H36N6/c1-14(2,3)20-13-12-19-11-10-18-9-8-17-7-6-16-5-4-15/h16-20H,4-13,15H2,1-3H3. The van der Waals surface area contributed by atoms with Crippen LogP contribution in [0.1, 0.15) is 20.8 Å². The first-order valence-corrected chi connectivity index (χ1v) is 7.84. The van der Waals surface area contributed by atoms with Crippen LogP contribution in [0.25, 0.3) is 0 Å². The maximum absolute atomic E-state index is 5.39. The molecule has 0 rings (SSSR count). The van der Waals surface area contributed by atoms with Gasteiger partial charge in [0.1, 0.15) is 0 Å². The van der Waals surface area contributed by atoms with Crippen LogP contribution in [0.2, 0.25) is 0 Å². The Hall–Kier alpha value is -0.240. The van der Waals surface area contributed by atoms with Gasteiger partial charge in [0.05, 0.1) is 0 Å². The van der Waals surface area contributed by atoms with Crippen molar-refractivity contribution in [2.24, 2.45) is 5.73 Å². The van der Waals surface area contributed by atoms with Crippen LogP contribution in [-0.4, -0.2) is 71.0 Å². The van der Waals surface area contributed by atoms with E-state index in [-0.39, 0.29) is 5.54 Å². The van der Waals surface area contributed by atoms with Gasteiger partial charge in [-0.1, -0.05) is 0 Å². The van der Waals surface area contributed by atoms with Crippen molar-refractivity contribution in [2.75, 3.05) is 65.4 Å². The van der Waals surface area contributed by atoms with Crippen molar-refractivity contribution in [3.05, 3.63) is 0 Å². The first-order valence-electron chi connectivity index (χ1n) is 7.84. The molecule has 0 bridgehead atoms. The number of rotatable bonds is 14. The summed E-state index contributed by atoms with van der Waals surface area (Å²) in [5.41, 5.74) is 5.60. The van der Waals surface area contributed by atoms with Gasteiger partial charge in [-0.3, -0.25) is 0 Å². The maximum Gasteiger partial charge on any atom is 0.00970 e. The van der Waals surface area contributed by atoms with Gasteiger partial charge in [-0.2, -0.15) is 0 Å². The Morgan fingerprint density at radius 2 is 0.950 bits per heavy atom. The first kappa shape index (κ1) is 19.8. The molecular formula is C14H36N6. The second-order valence-electron chi connectivity index (χ2n) is 5.97. The molecule has 0 fully saturated rings. The predicted octanol–water partition coefficient (Wildman–Crippen LogP) is -1.31. The molecule has 0 aromatic rings. The summed E-state index contributed by atoms with van der Waals surface area (Å²) in [6, 6.07) is 0. The van der Waals surface area contributed by atoms with E-state index in [2.05, 4.69) is 47.4 Å². The molecule has 0 unspecified atom stereocenters. The zero-order valence-electron chi connectivity index (χ0n) is 13.6. The van der Waals surface area contributed by atoms with E-state index in [1.165, 1.54) is 0 Å². The number of nitrogens with two attached hydrogens (primary N) is 1. The highest BCUT2D eigenvalue weighted by Gasteiger charge is 2.06. The normalized spacial score (nSPS) is 12.0. The quantitative estimate of drug-likeness (QED) is 0.223. The van der Waals surface area contributed by atoms with Crippen LogP contribution in [-0.2, 0) is 0 Å². The third kappa shape index (κ3) is 17.8. The summed E-state index contributed by atoms with van der Waals surface area (Å²) in [5, 5.41) is 16.9. The summed E-state index contributed by atoms with van der Waals surface area (Å²) in [5.74, 6) is 0. The van der Waals surface area contributed by atoms with Crippen LogP contribution in [0.3, 0.4) is 0 Å². The maximum atomic E-state index is 5.39. The SMILES string of the molecule is CC(C)(C)NCCNCCNCCNCCNCCN. The van der Waals surface area contributed by atoms with Crippen molar-refractivity contribution < 1.29 is 0 Å². The molecule has 0 aromatic heterocycles. The van der Waals surface area contributed by atoms with Gasteiger partial charge in [-0.15, -0.1) is 0 Å². The van der Waals surface area contributed by atoms with Crippen LogP contribution in [0.5, 0.6) is 0 Å². The van der Waals surface area contributed by atoms with E-state index in [1.807, 2.05) is 0 Å². The third-order valence-electron chi connectivity index (χ3n) is 2.71. The number of hydrogen-bond acceptors (Lipinski definition) is 6. The van der Waals surface area contributed by atoms with Crippen LogP contribution < -0.4 is 32.3 Å². The van der Waals surface area contributed by atoms with Crippen molar-refractivity contribution in [1.82, 2.24) is 26.6 Å². The topological polar surface area (TPSA) is 86.2 Å². The molecule has 7 N–H and O–H groups in total. The molecule has 0 heterocycles. The Balaban J connectivity index is 2.99. The highest BCUT2D eigenvalue weighted by atomic mass is 15.0. The molecule has 20 heavy (non-hydrogen) atoms. The molecule has 6 heteroatoms. The minimum absolute atomic E-state index is 0.213. The fraction of sp³-hybridized carbons (Fsp3) is 1.00. The zero-order chi connectivity index (χ0) is 15.1. The fourth-order valence-electron chi connectivity index (χ4n) is 1.66. The van der Waals surface area contributed by atoms with Crippen molar-refractivity contribution in [1.29, 1.82) is 0 Å². The fourth-order valence-corrected chi connectivity index (χ4v) is 1.66. The van der Waals surface area contributed by atoms with E-state index in [1.54, 1.807) is 0 Å². The molecule has 122 valence electrons. The largest absolute Gasteiger partial charge is 0.329 e. The molecule has 6 nitrogen and oxygen atoms in total. The minimum atomic E-state index is 0.213. The number of hydrogen-bond donors (Lipinski definition) is 6. The van der Waals surface area contributed by atoms with Gasteiger partial charge in [0.2, 0.25) is 0 Å². The Kier molecular flexibility index (Phi) is 13.6. The van der Waals surface area contributed by atoms with Gasteiger partial charge >= 0.3 is 0 Å². The molecule has 0 aliphatic heterocycles. The van der Waals surface area contributed by atoms with E-state index in [0.29, 0.717) is 6.54 Å². The monoisotopic (exact) mass is 288 g/mol. The van der Waals surface area contributed by atoms with Crippen molar-refractivity contribution in [3.63, 3.8) is 0 Å². The third-order valence-corrected chi connectivity index (χ3v) is 2.71. The summed E-state index contributed by atoms with van der Waals surface area (Å²) in [6.45, 7) is 16.2. The lowest BCUT2D eigenvalue weighted by molar-refractivity contribution is 0.421. The molecular weight excluding hydrogens is 252 g/mol. The molecule has 0 amide bonds. The van der Waals surface area contributed by atoms with Crippen LogP contribution >= 0.6 is 0 Å². The summed E-state index contributed by atoms with van der Waals surface area (Å²) < 4.78 is 0. The molecule has 0 aromatic carbocycles. The van der Waals surface area contributed by atoms with Gasteiger partial charge < -0.3 is 32.3 Å². The van der Waals surface area contributed by atoms with E-state index in [9.17, 15) is 0 Å². The van der Waals surface area contributed by atoms with Crippen LogP contribution in [0.15, 0.2) is 0 Å². The average Bonchev–Trinajstić information content (AvgIpc) is 2.38. The molecule has 0 saturated carbocycles. The summed E-state index contributed by atoms with van der Waals surface area (Å²) in [7, 11) is 0. The van der Waals surface area contributed by atoms with Gasteiger partial charge in [-0.05, 0) is 20.8 Å². The molecule has 0 aliphatic carbocycles. The highest BCUT2D eigenvalue weighted by molar-refractivity contribution is 4.70. The van der Waals surface area contributed by atoms with Crippen molar-refractivity contribution >= 4 is 0 Å². The second kappa shape index (κ2) is 13.7. The number of nitrogens with one attached hydrogen (secondary N) is 5. The Morgan fingerprint density at radius 3 is 1.30 bits per heavy atom. The Bertz CT molecular complexity index is 193. The molecule has 0 saturated heterocycles. The summed E-state index contributed by atoms with van der Waals surface area (Å²) >= 11 is 0. The minimum Gasteiger partial charge on any atom is -0.329 e. The van der Waals surface area contributed by atoms with Gasteiger partial charge in [0.25, 0.3) is 0 Å². The first-order chi connectivity index (χ1) is 9.56. The zero-order valence-corrected chi connectivity index (χ0v) is 13.6. The van der Waals surface area contributed by atoms with E-state index < -0.39 is 0 Å². The van der Waals surface area contributed by atoms with Crippen LogP contribution in [0.4, 0.5) is 0 Å². The lowest BCUT2D eigenvalue weighted by Crippen LogP contribution is -2.41. The molecule has 0 spiro atoms. The van der Waals surface area contributed by atoms with Crippen molar-refractivity contribution in [2.45, 2.75) is 26.3 Å². The lowest BCUT2D eigenvalue weighted by Gasteiger charge is -2.20. The predicted molar refractivity (Wildman–Crippen MR) is 88.3 cm³/mol. The molecule has 0 atom stereocenters. The molecule has 0 aliphatic rings. The van der Waals surface area contributed by atoms with E-state index >= 15 is 0 Å². The van der Waals surface area contributed by atoms with Gasteiger partial charge in [0, 0.05) is 71.0 Å². The van der Waals surface area contributed by atoms with Crippen LogP contribution in [0, 0.1) is 0 Å².